The fourth-order valence-electron chi connectivity index (χ4n) is 1.56. The smallest absolute Gasteiger partial charge is 0.0488 e. The minimum Gasteiger partial charge on any atom is -0.326 e. The van der Waals surface area contributed by atoms with Crippen LogP contribution in [0.5, 0.6) is 0 Å². The van der Waals surface area contributed by atoms with Gasteiger partial charge in [-0.3, -0.25) is 4.21 Å². The topological polar surface area (TPSA) is 43.1 Å². The minimum atomic E-state index is -0.768. The zero-order chi connectivity index (χ0) is 12.0. The zero-order valence-corrected chi connectivity index (χ0v) is 10.9. The van der Waals surface area contributed by atoms with E-state index >= 15 is 0 Å². The van der Waals surface area contributed by atoms with Crippen molar-refractivity contribution < 1.29 is 4.21 Å². The van der Waals surface area contributed by atoms with Gasteiger partial charge in [-0.15, -0.1) is 0 Å². The Labute approximate surface area is 101 Å². The summed E-state index contributed by atoms with van der Waals surface area (Å²) in [6.07, 6.45) is 1.09. The predicted octanol–water partition coefficient (Wildman–Crippen LogP) is 2.44. The molecule has 0 fully saturated rings. The summed E-state index contributed by atoms with van der Waals surface area (Å²) in [4.78, 5) is 0. The van der Waals surface area contributed by atoms with Gasteiger partial charge in [0.05, 0.1) is 0 Å². The molecule has 0 aliphatic heterocycles. The summed E-state index contributed by atoms with van der Waals surface area (Å²) in [6, 6.07) is 7.99. The van der Waals surface area contributed by atoms with Crippen molar-refractivity contribution in [1.82, 2.24) is 0 Å². The van der Waals surface area contributed by atoms with Crippen LogP contribution in [-0.2, 0) is 23.1 Å². The summed E-state index contributed by atoms with van der Waals surface area (Å²) in [5.74, 6) is 1.96. The molecule has 3 heteroatoms. The fraction of sp³-hybridized carbons (Fsp3) is 0.538. The first-order valence-electron chi connectivity index (χ1n) is 5.79. The Balaban J connectivity index is 2.62. The van der Waals surface area contributed by atoms with Gasteiger partial charge in [0.25, 0.3) is 0 Å². The van der Waals surface area contributed by atoms with Gasteiger partial charge in [-0.2, -0.15) is 0 Å². The van der Waals surface area contributed by atoms with Crippen LogP contribution in [0.3, 0.4) is 0 Å². The molecule has 2 N–H and O–H groups in total. The SMILES string of the molecule is CCC(C)CS(=O)Cc1ccccc1CN. The van der Waals surface area contributed by atoms with Gasteiger partial charge in [-0.05, 0) is 17.0 Å². The van der Waals surface area contributed by atoms with E-state index < -0.39 is 10.8 Å². The third-order valence-corrected chi connectivity index (χ3v) is 4.40. The maximum absolute atomic E-state index is 11.9. The molecule has 0 saturated heterocycles. The molecule has 0 saturated carbocycles. The highest BCUT2D eigenvalue weighted by molar-refractivity contribution is 7.84. The molecule has 0 heterocycles. The van der Waals surface area contributed by atoms with Crippen LogP contribution < -0.4 is 5.73 Å². The van der Waals surface area contributed by atoms with Crippen molar-refractivity contribution in [3.63, 3.8) is 0 Å². The molecule has 0 spiro atoms. The Morgan fingerprint density at radius 2 is 1.94 bits per heavy atom. The molecule has 0 bridgehead atoms. The summed E-state index contributed by atoms with van der Waals surface area (Å²) in [5, 5.41) is 0. The highest BCUT2D eigenvalue weighted by Gasteiger charge is 2.08. The molecule has 0 aliphatic carbocycles. The predicted molar refractivity (Wildman–Crippen MR) is 70.5 cm³/mol. The van der Waals surface area contributed by atoms with Crippen molar-refractivity contribution in [2.45, 2.75) is 32.6 Å². The van der Waals surface area contributed by atoms with Gasteiger partial charge in [0.15, 0.2) is 0 Å². The summed E-state index contributed by atoms with van der Waals surface area (Å²) < 4.78 is 11.9. The Morgan fingerprint density at radius 3 is 2.50 bits per heavy atom. The Morgan fingerprint density at radius 1 is 1.31 bits per heavy atom. The summed E-state index contributed by atoms with van der Waals surface area (Å²) in [6.45, 7) is 4.80. The first kappa shape index (κ1) is 13.4. The molecule has 1 aromatic carbocycles. The maximum Gasteiger partial charge on any atom is 0.0488 e. The van der Waals surface area contributed by atoms with E-state index in [1.54, 1.807) is 0 Å². The lowest BCUT2D eigenvalue weighted by Gasteiger charge is -2.10. The molecule has 0 radical (unpaired) electrons. The molecule has 0 aliphatic rings. The quantitative estimate of drug-likeness (QED) is 0.828. The fourth-order valence-corrected chi connectivity index (χ4v) is 3.18. The van der Waals surface area contributed by atoms with Crippen LogP contribution in [0.15, 0.2) is 24.3 Å². The molecule has 16 heavy (non-hydrogen) atoms. The van der Waals surface area contributed by atoms with E-state index in [2.05, 4.69) is 13.8 Å². The van der Waals surface area contributed by atoms with Gasteiger partial charge in [-0.25, -0.2) is 0 Å². The lowest BCUT2D eigenvalue weighted by Crippen LogP contribution is -2.10. The number of hydrogen-bond acceptors (Lipinski definition) is 2. The average molecular weight is 239 g/mol. The van der Waals surface area contributed by atoms with E-state index in [0.717, 1.165) is 23.3 Å². The van der Waals surface area contributed by atoms with Crippen molar-refractivity contribution >= 4 is 10.8 Å². The third kappa shape index (κ3) is 4.06. The van der Waals surface area contributed by atoms with E-state index in [1.807, 2.05) is 24.3 Å². The first-order chi connectivity index (χ1) is 7.67. The minimum absolute atomic E-state index is 0.525. The van der Waals surface area contributed by atoms with E-state index in [1.165, 1.54) is 0 Å². The van der Waals surface area contributed by atoms with Crippen LogP contribution in [-0.4, -0.2) is 9.96 Å². The molecule has 2 unspecified atom stereocenters. The van der Waals surface area contributed by atoms with E-state index in [-0.39, 0.29) is 0 Å². The second-order valence-electron chi connectivity index (χ2n) is 4.24. The third-order valence-electron chi connectivity index (χ3n) is 2.82. The van der Waals surface area contributed by atoms with Gasteiger partial charge < -0.3 is 5.73 Å². The largest absolute Gasteiger partial charge is 0.326 e. The van der Waals surface area contributed by atoms with E-state index in [9.17, 15) is 4.21 Å². The number of hydrogen-bond donors (Lipinski definition) is 1. The van der Waals surface area contributed by atoms with Gasteiger partial charge >= 0.3 is 0 Å². The summed E-state index contributed by atoms with van der Waals surface area (Å²) >= 11 is 0. The molecule has 2 nitrogen and oxygen atoms in total. The Hall–Kier alpha value is -0.670. The van der Waals surface area contributed by atoms with Crippen LogP contribution in [0.2, 0.25) is 0 Å². The van der Waals surface area contributed by atoms with E-state index in [4.69, 9.17) is 5.73 Å². The standard InChI is InChI=1S/C13H21NOS/c1-3-11(2)9-16(15)10-13-7-5-4-6-12(13)8-14/h4-7,11H,3,8-10,14H2,1-2H3. The van der Waals surface area contributed by atoms with Crippen molar-refractivity contribution in [3.8, 4) is 0 Å². The first-order valence-corrected chi connectivity index (χ1v) is 7.28. The molecule has 1 aromatic rings. The molecular formula is C13H21NOS. The number of benzene rings is 1. The molecule has 0 aromatic heterocycles. The second-order valence-corrected chi connectivity index (χ2v) is 5.74. The molecule has 90 valence electrons. The normalized spacial score (nSPS) is 14.7. The van der Waals surface area contributed by atoms with Crippen LogP contribution in [0.4, 0.5) is 0 Å². The maximum atomic E-state index is 11.9. The molecule has 1 rings (SSSR count). The van der Waals surface area contributed by atoms with Gasteiger partial charge in [-0.1, -0.05) is 44.5 Å². The molecular weight excluding hydrogens is 218 g/mol. The lowest BCUT2D eigenvalue weighted by atomic mass is 10.1. The number of nitrogens with two attached hydrogens (primary N) is 1. The number of rotatable bonds is 6. The summed E-state index contributed by atoms with van der Waals surface area (Å²) in [5.41, 5.74) is 7.90. The highest BCUT2D eigenvalue weighted by atomic mass is 32.2. The van der Waals surface area contributed by atoms with Crippen molar-refractivity contribution in [3.05, 3.63) is 35.4 Å². The van der Waals surface area contributed by atoms with Gasteiger partial charge in [0.1, 0.15) is 0 Å². The molecule has 2 atom stereocenters. The van der Waals surface area contributed by atoms with Crippen molar-refractivity contribution in [2.75, 3.05) is 5.75 Å². The van der Waals surface area contributed by atoms with Crippen LogP contribution in [0.1, 0.15) is 31.4 Å². The van der Waals surface area contributed by atoms with Gasteiger partial charge in [0.2, 0.25) is 0 Å². The second kappa shape index (κ2) is 6.81. The van der Waals surface area contributed by atoms with E-state index in [0.29, 0.717) is 18.2 Å². The van der Waals surface area contributed by atoms with Crippen LogP contribution >= 0.6 is 0 Å². The van der Waals surface area contributed by atoms with Crippen molar-refractivity contribution in [2.24, 2.45) is 11.7 Å². The summed E-state index contributed by atoms with van der Waals surface area (Å²) in [7, 11) is -0.768. The average Bonchev–Trinajstić information content (AvgIpc) is 2.29. The lowest BCUT2D eigenvalue weighted by molar-refractivity contribution is 0.615. The molecule has 0 amide bonds. The van der Waals surface area contributed by atoms with Crippen LogP contribution in [0, 0.1) is 5.92 Å². The van der Waals surface area contributed by atoms with Crippen molar-refractivity contribution in [1.29, 1.82) is 0 Å². The highest BCUT2D eigenvalue weighted by Crippen LogP contribution is 2.12. The monoisotopic (exact) mass is 239 g/mol. The zero-order valence-electron chi connectivity index (χ0n) is 10.1. The Kier molecular flexibility index (Phi) is 5.71. The van der Waals surface area contributed by atoms with Crippen LogP contribution in [0.25, 0.3) is 0 Å². The van der Waals surface area contributed by atoms with Gasteiger partial charge in [0, 0.05) is 28.9 Å². The Bertz CT molecular complexity index is 352.